The van der Waals surface area contributed by atoms with E-state index in [4.69, 9.17) is 0 Å². The van der Waals surface area contributed by atoms with Gasteiger partial charge in [-0.15, -0.1) is 0 Å². The van der Waals surface area contributed by atoms with E-state index in [1.807, 2.05) is 44.2 Å². The molecule has 8 heteroatoms. The summed E-state index contributed by atoms with van der Waals surface area (Å²) in [7, 11) is 0. The van der Waals surface area contributed by atoms with Gasteiger partial charge in [0, 0.05) is 29.6 Å². The molecular weight excluding hydrogens is 380 g/mol. The normalized spacial score (nSPS) is 10.9. The number of hydrogen-bond acceptors (Lipinski definition) is 5. The van der Waals surface area contributed by atoms with E-state index in [1.54, 1.807) is 19.1 Å². The third-order valence-electron chi connectivity index (χ3n) is 4.90. The van der Waals surface area contributed by atoms with Crippen LogP contribution in [0.25, 0.3) is 5.78 Å². The van der Waals surface area contributed by atoms with E-state index in [2.05, 4.69) is 25.7 Å². The number of hydrogen-bond donors (Lipinski definition) is 3. The summed E-state index contributed by atoms with van der Waals surface area (Å²) in [4.78, 5) is 32.9. The molecule has 0 radical (unpaired) electrons. The molecule has 0 unspecified atom stereocenters. The van der Waals surface area contributed by atoms with Crippen LogP contribution in [0.1, 0.15) is 32.7 Å². The quantitative estimate of drug-likeness (QED) is 0.476. The lowest BCUT2D eigenvalue weighted by molar-refractivity contribution is 0.102. The van der Waals surface area contributed by atoms with Crippen molar-refractivity contribution in [1.29, 1.82) is 0 Å². The fraction of sp³-hybridized carbons (Fsp3) is 0.182. The van der Waals surface area contributed by atoms with Crippen molar-refractivity contribution in [3.63, 3.8) is 0 Å². The minimum absolute atomic E-state index is 0.157. The van der Waals surface area contributed by atoms with Gasteiger partial charge in [-0.25, -0.2) is 4.98 Å². The average Bonchev–Trinajstić information content (AvgIpc) is 3.13. The van der Waals surface area contributed by atoms with Gasteiger partial charge in [-0.1, -0.05) is 18.2 Å². The molecule has 2 heterocycles. The maximum Gasteiger partial charge on any atom is 0.274 e. The Bertz CT molecular complexity index is 1290. The molecule has 4 aromatic rings. The zero-order chi connectivity index (χ0) is 21.3. The third-order valence-corrected chi connectivity index (χ3v) is 4.90. The Morgan fingerprint density at radius 3 is 2.50 bits per heavy atom. The molecule has 30 heavy (non-hydrogen) atoms. The van der Waals surface area contributed by atoms with Crippen LogP contribution in [0.5, 0.6) is 0 Å². The van der Waals surface area contributed by atoms with Crippen molar-refractivity contribution in [2.75, 3.05) is 10.6 Å². The van der Waals surface area contributed by atoms with Gasteiger partial charge < -0.3 is 10.6 Å². The van der Waals surface area contributed by atoms with Crippen molar-refractivity contribution < 1.29 is 4.79 Å². The van der Waals surface area contributed by atoms with Gasteiger partial charge in [0.1, 0.15) is 0 Å². The standard InChI is InChI=1S/C22H22N6O2/c1-13-4-9-18(10-14(13)2)25-20(30)17-7-5-16(6-8-17)12-23-21-26-22-24-15(3)11-19(29)28(22)27-21/h4-11H,12H2,1-3H3,(H,25,30)(H2,23,24,26,27). The van der Waals surface area contributed by atoms with Crippen molar-refractivity contribution in [1.82, 2.24) is 19.6 Å². The molecule has 3 N–H and O–H groups in total. The highest BCUT2D eigenvalue weighted by Gasteiger charge is 2.08. The minimum Gasteiger partial charge on any atom is -0.351 e. The molecule has 0 aliphatic heterocycles. The number of carbonyl (C=O) groups excluding carboxylic acids is 1. The van der Waals surface area contributed by atoms with Crippen LogP contribution in [-0.4, -0.2) is 25.5 Å². The van der Waals surface area contributed by atoms with E-state index >= 15 is 0 Å². The third kappa shape index (κ3) is 4.07. The van der Waals surface area contributed by atoms with Crippen molar-refractivity contribution in [3.05, 3.63) is 86.8 Å². The van der Waals surface area contributed by atoms with Gasteiger partial charge in [-0.2, -0.15) is 9.50 Å². The van der Waals surface area contributed by atoms with E-state index in [0.717, 1.165) is 16.8 Å². The van der Waals surface area contributed by atoms with Crippen LogP contribution in [0.3, 0.4) is 0 Å². The van der Waals surface area contributed by atoms with Gasteiger partial charge in [0.2, 0.25) is 5.95 Å². The second-order valence-corrected chi connectivity index (χ2v) is 7.25. The second kappa shape index (κ2) is 7.82. The van der Waals surface area contributed by atoms with Crippen LogP contribution < -0.4 is 16.2 Å². The highest BCUT2D eigenvalue weighted by Crippen LogP contribution is 2.16. The summed E-state index contributed by atoms with van der Waals surface area (Å²) in [5.74, 6) is 0.610. The number of fused-ring (bicyclic) bond motifs is 1. The molecule has 2 aromatic heterocycles. The molecular formula is C22H22N6O2. The van der Waals surface area contributed by atoms with Crippen molar-refractivity contribution in [2.24, 2.45) is 0 Å². The molecule has 2 aromatic carbocycles. The molecule has 4 rings (SSSR count). The summed E-state index contributed by atoms with van der Waals surface area (Å²) in [6, 6.07) is 14.6. The number of anilines is 2. The fourth-order valence-corrected chi connectivity index (χ4v) is 3.05. The molecule has 0 saturated carbocycles. The van der Waals surface area contributed by atoms with Crippen LogP contribution >= 0.6 is 0 Å². The van der Waals surface area contributed by atoms with E-state index < -0.39 is 0 Å². The molecule has 0 aliphatic carbocycles. The molecule has 0 atom stereocenters. The molecule has 0 saturated heterocycles. The summed E-state index contributed by atoms with van der Waals surface area (Å²) in [5.41, 5.74) is 5.04. The molecule has 0 spiro atoms. The topological polar surface area (TPSA) is 104 Å². The highest BCUT2D eigenvalue weighted by atomic mass is 16.1. The first-order chi connectivity index (χ1) is 14.4. The number of benzene rings is 2. The number of amides is 1. The van der Waals surface area contributed by atoms with Crippen molar-refractivity contribution >= 4 is 23.3 Å². The summed E-state index contributed by atoms with van der Waals surface area (Å²) < 4.78 is 1.29. The first-order valence-corrected chi connectivity index (χ1v) is 9.57. The number of nitrogens with one attached hydrogen (secondary N) is 3. The SMILES string of the molecule is Cc1cc(=O)n2[nH]c(NCc3ccc(C(=O)Nc4ccc(C)c(C)c4)cc3)nc2n1. The van der Waals surface area contributed by atoms with Gasteiger partial charge in [-0.3, -0.25) is 14.7 Å². The predicted molar refractivity (Wildman–Crippen MR) is 116 cm³/mol. The number of rotatable bonds is 5. The summed E-state index contributed by atoms with van der Waals surface area (Å²) in [6.07, 6.45) is 0. The Hall–Kier alpha value is -3.94. The number of carbonyl (C=O) groups is 1. The van der Waals surface area contributed by atoms with E-state index in [-0.39, 0.29) is 11.5 Å². The average molecular weight is 402 g/mol. The largest absolute Gasteiger partial charge is 0.351 e. The number of nitrogens with zero attached hydrogens (tertiary/aromatic N) is 3. The summed E-state index contributed by atoms with van der Waals surface area (Å²) in [6.45, 7) is 6.28. The Morgan fingerprint density at radius 2 is 1.77 bits per heavy atom. The molecule has 152 valence electrons. The molecule has 0 bridgehead atoms. The van der Waals surface area contributed by atoms with Crippen LogP contribution in [0, 0.1) is 20.8 Å². The molecule has 1 amide bonds. The minimum atomic E-state index is -0.211. The van der Waals surface area contributed by atoms with Crippen LogP contribution in [0.2, 0.25) is 0 Å². The van der Waals surface area contributed by atoms with Gasteiger partial charge in [-0.05, 0) is 61.7 Å². The van der Waals surface area contributed by atoms with E-state index in [9.17, 15) is 9.59 Å². The predicted octanol–water partition coefficient (Wildman–Crippen LogP) is 3.21. The first kappa shape index (κ1) is 19.4. The number of aryl methyl sites for hydroxylation is 3. The monoisotopic (exact) mass is 402 g/mol. The Labute approximate surface area is 173 Å². The van der Waals surface area contributed by atoms with Crippen molar-refractivity contribution in [3.8, 4) is 0 Å². The lowest BCUT2D eigenvalue weighted by atomic mass is 10.1. The fourth-order valence-electron chi connectivity index (χ4n) is 3.05. The number of aromatic nitrogens is 4. The summed E-state index contributed by atoms with van der Waals surface area (Å²) in [5, 5.41) is 8.93. The lowest BCUT2D eigenvalue weighted by Gasteiger charge is -2.08. The van der Waals surface area contributed by atoms with Gasteiger partial charge in [0.25, 0.3) is 17.2 Å². The highest BCUT2D eigenvalue weighted by molar-refractivity contribution is 6.04. The Balaban J connectivity index is 1.41. The maximum atomic E-state index is 12.5. The first-order valence-electron chi connectivity index (χ1n) is 9.57. The van der Waals surface area contributed by atoms with Crippen LogP contribution in [-0.2, 0) is 6.54 Å². The zero-order valence-electron chi connectivity index (χ0n) is 17.0. The maximum absolute atomic E-state index is 12.5. The van der Waals surface area contributed by atoms with Gasteiger partial charge in [0.05, 0.1) is 0 Å². The van der Waals surface area contributed by atoms with E-state index in [1.165, 1.54) is 16.1 Å². The van der Waals surface area contributed by atoms with Gasteiger partial charge in [0.15, 0.2) is 0 Å². The van der Waals surface area contributed by atoms with Crippen LogP contribution in [0.4, 0.5) is 11.6 Å². The van der Waals surface area contributed by atoms with Gasteiger partial charge >= 0.3 is 0 Å². The molecule has 8 nitrogen and oxygen atoms in total. The number of aromatic amines is 1. The summed E-state index contributed by atoms with van der Waals surface area (Å²) >= 11 is 0. The Morgan fingerprint density at radius 1 is 1.00 bits per heavy atom. The van der Waals surface area contributed by atoms with Crippen molar-refractivity contribution in [2.45, 2.75) is 27.3 Å². The number of H-pyrrole nitrogens is 1. The van der Waals surface area contributed by atoms with E-state index in [0.29, 0.717) is 29.5 Å². The zero-order valence-corrected chi connectivity index (χ0v) is 17.0. The van der Waals surface area contributed by atoms with Crippen LogP contribution in [0.15, 0.2) is 53.3 Å². The molecule has 0 aliphatic rings. The Kier molecular flexibility index (Phi) is 5.05. The smallest absolute Gasteiger partial charge is 0.274 e. The molecule has 0 fully saturated rings. The second-order valence-electron chi connectivity index (χ2n) is 7.25. The lowest BCUT2D eigenvalue weighted by Crippen LogP contribution is -2.14.